The van der Waals surface area contributed by atoms with Crippen LogP contribution in [-0.4, -0.2) is 5.78 Å². The van der Waals surface area contributed by atoms with Crippen molar-refractivity contribution in [3.63, 3.8) is 0 Å². The van der Waals surface area contributed by atoms with Gasteiger partial charge in [0, 0.05) is 11.8 Å². The molecule has 0 saturated heterocycles. The van der Waals surface area contributed by atoms with Crippen molar-refractivity contribution in [2.75, 3.05) is 0 Å². The van der Waals surface area contributed by atoms with E-state index >= 15 is 0 Å². The first-order chi connectivity index (χ1) is 8.12. The molecule has 0 spiro atoms. The molecule has 0 amide bonds. The van der Waals surface area contributed by atoms with Gasteiger partial charge in [0.05, 0.1) is 0 Å². The van der Waals surface area contributed by atoms with Crippen LogP contribution in [0.25, 0.3) is 0 Å². The second-order valence-electron chi connectivity index (χ2n) is 6.78. The molecule has 4 saturated carbocycles. The number of carbonyl (C=O) groups excluding carboxylic acids is 1. The summed E-state index contributed by atoms with van der Waals surface area (Å²) in [6.07, 6.45) is 12.2. The molecule has 4 aliphatic rings. The quantitative estimate of drug-likeness (QED) is 0.669. The summed E-state index contributed by atoms with van der Waals surface area (Å²) in [6.45, 7) is 7.84. The first kappa shape index (κ1) is 11.3. The van der Waals surface area contributed by atoms with E-state index in [0.717, 1.165) is 38.5 Å². The van der Waals surface area contributed by atoms with Gasteiger partial charge in [0.15, 0.2) is 0 Å². The van der Waals surface area contributed by atoms with Crippen molar-refractivity contribution >= 4 is 5.78 Å². The first-order valence-corrected chi connectivity index (χ1v) is 6.88. The molecule has 0 unspecified atom stereocenters. The number of hydrogen-bond donors (Lipinski definition) is 0. The number of carbonyl (C=O) groups is 1. The molecule has 0 heterocycles. The summed E-state index contributed by atoms with van der Waals surface area (Å²) < 4.78 is 0. The zero-order chi connectivity index (χ0) is 12.1. The van der Waals surface area contributed by atoms with E-state index in [-0.39, 0.29) is 0 Å². The van der Waals surface area contributed by atoms with E-state index in [2.05, 4.69) is 25.3 Å². The average molecular weight is 230 g/mol. The van der Waals surface area contributed by atoms with Crippen LogP contribution in [0.2, 0.25) is 0 Å². The SMILES string of the molecule is C=CCC12CC3CC(CC=C)(CC(C1)C3=O)C2. The molecule has 0 aromatic carbocycles. The highest BCUT2D eigenvalue weighted by atomic mass is 16.1. The maximum absolute atomic E-state index is 12.2. The minimum Gasteiger partial charge on any atom is -0.299 e. The molecule has 1 heteroatoms. The van der Waals surface area contributed by atoms with Crippen LogP contribution in [0.4, 0.5) is 0 Å². The zero-order valence-corrected chi connectivity index (χ0v) is 10.6. The summed E-state index contributed by atoms with van der Waals surface area (Å²) in [5, 5.41) is 0. The van der Waals surface area contributed by atoms with Gasteiger partial charge in [0.1, 0.15) is 5.78 Å². The van der Waals surface area contributed by atoms with E-state index in [9.17, 15) is 4.79 Å². The van der Waals surface area contributed by atoms with Gasteiger partial charge in [-0.3, -0.25) is 4.79 Å². The molecule has 4 fully saturated rings. The van der Waals surface area contributed by atoms with Gasteiger partial charge in [-0.05, 0) is 55.8 Å². The molecule has 0 aromatic heterocycles. The highest BCUT2D eigenvalue weighted by Crippen LogP contribution is 2.66. The summed E-state index contributed by atoms with van der Waals surface area (Å²) in [7, 11) is 0. The van der Waals surface area contributed by atoms with Crippen molar-refractivity contribution in [2.24, 2.45) is 22.7 Å². The number of hydrogen-bond acceptors (Lipinski definition) is 1. The van der Waals surface area contributed by atoms with Crippen molar-refractivity contribution in [1.29, 1.82) is 0 Å². The zero-order valence-electron chi connectivity index (χ0n) is 10.6. The minimum atomic E-state index is 0.358. The molecule has 92 valence electrons. The molecule has 4 rings (SSSR count). The van der Waals surface area contributed by atoms with Gasteiger partial charge in [0.2, 0.25) is 0 Å². The van der Waals surface area contributed by atoms with Crippen LogP contribution in [0.1, 0.15) is 44.9 Å². The third kappa shape index (κ3) is 1.55. The van der Waals surface area contributed by atoms with Crippen molar-refractivity contribution in [2.45, 2.75) is 44.9 Å². The third-order valence-electron chi connectivity index (χ3n) is 5.43. The molecule has 0 atom stereocenters. The Morgan fingerprint density at radius 2 is 1.41 bits per heavy atom. The van der Waals surface area contributed by atoms with E-state index in [1.165, 1.54) is 6.42 Å². The number of allylic oxidation sites excluding steroid dienone is 2. The van der Waals surface area contributed by atoms with Gasteiger partial charge in [-0.15, -0.1) is 13.2 Å². The van der Waals surface area contributed by atoms with Gasteiger partial charge in [-0.25, -0.2) is 0 Å². The average Bonchev–Trinajstić information content (AvgIpc) is 2.24. The van der Waals surface area contributed by atoms with Crippen LogP contribution in [0.5, 0.6) is 0 Å². The van der Waals surface area contributed by atoms with E-state index in [1.807, 2.05) is 0 Å². The van der Waals surface area contributed by atoms with Crippen LogP contribution in [-0.2, 0) is 4.79 Å². The fourth-order valence-electron chi connectivity index (χ4n) is 5.31. The highest BCUT2D eigenvalue weighted by Gasteiger charge is 2.59. The Bertz CT molecular complexity index is 333. The van der Waals surface area contributed by atoms with Crippen molar-refractivity contribution < 1.29 is 4.79 Å². The smallest absolute Gasteiger partial charge is 0.139 e. The first-order valence-electron chi connectivity index (χ1n) is 6.88. The second-order valence-corrected chi connectivity index (χ2v) is 6.78. The highest BCUT2D eigenvalue weighted by molar-refractivity contribution is 5.86. The minimum absolute atomic E-state index is 0.358. The van der Waals surface area contributed by atoms with E-state index in [4.69, 9.17) is 0 Å². The van der Waals surface area contributed by atoms with Crippen molar-refractivity contribution in [3.8, 4) is 0 Å². The molecule has 0 aromatic rings. The Morgan fingerprint density at radius 3 is 1.76 bits per heavy atom. The van der Waals surface area contributed by atoms with Gasteiger partial charge in [-0.1, -0.05) is 12.2 Å². The topological polar surface area (TPSA) is 17.1 Å². The molecule has 1 nitrogen and oxygen atoms in total. The summed E-state index contributed by atoms with van der Waals surface area (Å²) in [4.78, 5) is 12.2. The Labute approximate surface area is 104 Å². The molecule has 17 heavy (non-hydrogen) atoms. The Morgan fingerprint density at radius 1 is 1.00 bits per heavy atom. The van der Waals surface area contributed by atoms with Gasteiger partial charge in [0.25, 0.3) is 0 Å². The predicted octanol–water partition coefficient (Wildman–Crippen LogP) is 3.90. The molecule has 0 N–H and O–H groups in total. The lowest BCUT2D eigenvalue weighted by molar-refractivity contribution is -0.158. The van der Waals surface area contributed by atoms with E-state index < -0.39 is 0 Å². The lowest BCUT2D eigenvalue weighted by Crippen LogP contribution is -2.56. The second kappa shape index (κ2) is 3.57. The van der Waals surface area contributed by atoms with Gasteiger partial charge < -0.3 is 0 Å². The summed E-state index contributed by atoms with van der Waals surface area (Å²) in [5.74, 6) is 1.29. The summed E-state index contributed by atoms with van der Waals surface area (Å²) in [5.41, 5.74) is 0.814. The fourth-order valence-corrected chi connectivity index (χ4v) is 5.31. The number of Topliss-reactive ketones (excluding diaryl/α,β-unsaturated/α-hetero) is 1. The van der Waals surface area contributed by atoms with Crippen LogP contribution < -0.4 is 0 Å². The van der Waals surface area contributed by atoms with Gasteiger partial charge >= 0.3 is 0 Å². The van der Waals surface area contributed by atoms with Crippen LogP contribution >= 0.6 is 0 Å². The molecular formula is C16H22O. The number of ketones is 1. The monoisotopic (exact) mass is 230 g/mol. The molecule has 0 radical (unpaired) electrons. The molecule has 4 bridgehead atoms. The molecule has 0 aliphatic heterocycles. The predicted molar refractivity (Wildman–Crippen MR) is 69.6 cm³/mol. The van der Waals surface area contributed by atoms with Gasteiger partial charge in [-0.2, -0.15) is 0 Å². The normalized spacial score (nSPS) is 47.2. The van der Waals surface area contributed by atoms with Crippen LogP contribution in [0.15, 0.2) is 25.3 Å². The largest absolute Gasteiger partial charge is 0.299 e. The Hall–Kier alpha value is -0.850. The standard InChI is InChI=1S/C16H22O/c1-3-5-15-7-12-9-16(11-15,6-4-2)10-13(8-15)14(12)17/h3-4,12-13H,1-2,5-11H2. The summed E-state index contributed by atoms with van der Waals surface area (Å²) >= 11 is 0. The Balaban J connectivity index is 1.95. The number of rotatable bonds is 4. The third-order valence-corrected chi connectivity index (χ3v) is 5.43. The lowest BCUT2D eigenvalue weighted by atomic mass is 9.42. The van der Waals surface area contributed by atoms with E-state index in [1.54, 1.807) is 0 Å². The molecule has 4 aliphatic carbocycles. The molecular weight excluding hydrogens is 208 g/mol. The van der Waals surface area contributed by atoms with Crippen LogP contribution in [0.3, 0.4) is 0 Å². The Kier molecular flexibility index (Phi) is 2.36. The van der Waals surface area contributed by atoms with E-state index in [0.29, 0.717) is 28.4 Å². The van der Waals surface area contributed by atoms with Crippen LogP contribution in [0, 0.1) is 22.7 Å². The maximum Gasteiger partial charge on any atom is 0.139 e. The van der Waals surface area contributed by atoms with Crippen molar-refractivity contribution in [3.05, 3.63) is 25.3 Å². The fraction of sp³-hybridized carbons (Fsp3) is 0.688. The van der Waals surface area contributed by atoms with Crippen molar-refractivity contribution in [1.82, 2.24) is 0 Å². The maximum atomic E-state index is 12.2. The summed E-state index contributed by atoms with van der Waals surface area (Å²) in [6, 6.07) is 0. The lowest BCUT2D eigenvalue weighted by Gasteiger charge is -2.61.